The van der Waals surface area contributed by atoms with Gasteiger partial charge in [0.15, 0.2) is 0 Å². The molecule has 0 spiro atoms. The summed E-state index contributed by atoms with van der Waals surface area (Å²) in [5.74, 6) is -1.05. The topological polar surface area (TPSA) is 55.4 Å². The summed E-state index contributed by atoms with van der Waals surface area (Å²) in [7, 11) is -4.09. The van der Waals surface area contributed by atoms with E-state index in [1.54, 1.807) is 0 Å². The fraction of sp³-hybridized carbons (Fsp3) is 0.538. The van der Waals surface area contributed by atoms with Gasteiger partial charge in [-0.3, -0.25) is 0 Å². The monoisotopic (exact) mass is 341 g/mol. The molecular formula is C13H15F4NO3S. The van der Waals surface area contributed by atoms with Gasteiger partial charge in [-0.1, -0.05) is 0 Å². The molecule has 0 bridgehead atoms. The van der Waals surface area contributed by atoms with Crippen molar-refractivity contribution in [1.82, 2.24) is 0 Å². The zero-order chi connectivity index (χ0) is 16.5. The van der Waals surface area contributed by atoms with Gasteiger partial charge in [0.05, 0.1) is 11.8 Å². The number of halogens is 4. The molecule has 1 saturated carbocycles. The van der Waals surface area contributed by atoms with Crippen LogP contribution in [0.25, 0.3) is 0 Å². The van der Waals surface area contributed by atoms with Gasteiger partial charge in [0.25, 0.3) is 9.84 Å². The maximum absolute atomic E-state index is 13.2. The third kappa shape index (κ3) is 3.35. The highest BCUT2D eigenvalue weighted by molar-refractivity contribution is 7.92. The van der Waals surface area contributed by atoms with Crippen molar-refractivity contribution >= 4 is 15.5 Å². The molecule has 1 aromatic rings. The molecule has 0 aromatic heterocycles. The third-order valence-electron chi connectivity index (χ3n) is 3.62. The van der Waals surface area contributed by atoms with Crippen LogP contribution in [0.2, 0.25) is 0 Å². The summed E-state index contributed by atoms with van der Waals surface area (Å²) in [5, 5.41) is 2.75. The molecule has 1 aliphatic carbocycles. The van der Waals surface area contributed by atoms with Crippen LogP contribution in [0.15, 0.2) is 23.1 Å². The van der Waals surface area contributed by atoms with Crippen molar-refractivity contribution in [2.45, 2.75) is 41.8 Å². The Labute approximate surface area is 125 Å². The van der Waals surface area contributed by atoms with E-state index in [0.717, 1.165) is 18.6 Å². The number of nitrogens with one attached hydrogen (secondary N) is 1. The predicted octanol–water partition coefficient (Wildman–Crippen LogP) is 3.10. The standard InChI is InChI=1S/C13H15F4NO3S/c1-21-10-4-3-9(7-10)18-11-5-2-8(14)6-12(11)22(19,20)13(15,16)17/h2,5-6,9-10,18H,3-4,7H2,1H3. The van der Waals surface area contributed by atoms with Crippen LogP contribution >= 0.6 is 0 Å². The molecule has 22 heavy (non-hydrogen) atoms. The molecular weight excluding hydrogens is 326 g/mol. The second kappa shape index (κ2) is 6.04. The van der Waals surface area contributed by atoms with Gasteiger partial charge in [0.2, 0.25) is 0 Å². The Hall–Kier alpha value is -1.35. The average Bonchev–Trinajstić information content (AvgIpc) is 2.87. The minimum Gasteiger partial charge on any atom is -0.381 e. The highest BCUT2D eigenvalue weighted by Gasteiger charge is 2.48. The second-order valence-corrected chi connectivity index (χ2v) is 7.01. The Morgan fingerprint density at radius 1 is 1.27 bits per heavy atom. The van der Waals surface area contributed by atoms with Gasteiger partial charge in [-0.05, 0) is 37.5 Å². The van der Waals surface area contributed by atoms with Crippen LogP contribution in [0.4, 0.5) is 23.2 Å². The number of alkyl halides is 3. The molecule has 1 aromatic carbocycles. The SMILES string of the molecule is COC1CCC(Nc2ccc(F)cc2S(=O)(=O)C(F)(F)F)C1. The summed E-state index contributed by atoms with van der Waals surface area (Å²) in [6, 6.07) is 2.08. The Morgan fingerprint density at radius 2 is 1.95 bits per heavy atom. The number of anilines is 1. The highest BCUT2D eigenvalue weighted by atomic mass is 32.2. The van der Waals surface area contributed by atoms with Crippen molar-refractivity contribution < 1.29 is 30.7 Å². The number of sulfone groups is 1. The number of hydrogen-bond donors (Lipinski definition) is 1. The normalized spacial score (nSPS) is 22.8. The van der Waals surface area contributed by atoms with Crippen molar-refractivity contribution in [2.24, 2.45) is 0 Å². The van der Waals surface area contributed by atoms with E-state index in [-0.39, 0.29) is 17.8 Å². The first-order chi connectivity index (χ1) is 10.1. The van der Waals surface area contributed by atoms with E-state index < -0.39 is 26.1 Å². The lowest BCUT2D eigenvalue weighted by Gasteiger charge is -2.18. The minimum absolute atomic E-state index is 0.0272. The van der Waals surface area contributed by atoms with Crippen molar-refractivity contribution in [3.63, 3.8) is 0 Å². The van der Waals surface area contributed by atoms with Crippen LogP contribution < -0.4 is 5.32 Å². The molecule has 2 unspecified atom stereocenters. The summed E-state index contributed by atoms with van der Waals surface area (Å²) in [4.78, 5) is -1.10. The van der Waals surface area contributed by atoms with E-state index in [4.69, 9.17) is 4.74 Å². The lowest BCUT2D eigenvalue weighted by molar-refractivity contribution is -0.0435. The number of hydrogen-bond acceptors (Lipinski definition) is 4. The Morgan fingerprint density at radius 3 is 2.50 bits per heavy atom. The molecule has 9 heteroatoms. The molecule has 1 N–H and O–H groups in total. The van der Waals surface area contributed by atoms with Gasteiger partial charge >= 0.3 is 5.51 Å². The molecule has 0 aliphatic heterocycles. The molecule has 0 heterocycles. The minimum atomic E-state index is -5.62. The lowest BCUT2D eigenvalue weighted by Crippen LogP contribution is -2.26. The van der Waals surface area contributed by atoms with E-state index in [1.165, 1.54) is 7.11 Å². The van der Waals surface area contributed by atoms with E-state index in [1.807, 2.05) is 0 Å². The van der Waals surface area contributed by atoms with E-state index in [9.17, 15) is 26.0 Å². The quantitative estimate of drug-likeness (QED) is 0.855. The first kappa shape index (κ1) is 17.0. The number of rotatable bonds is 4. The molecule has 4 nitrogen and oxygen atoms in total. The highest BCUT2D eigenvalue weighted by Crippen LogP contribution is 2.36. The van der Waals surface area contributed by atoms with Crippen LogP contribution in [-0.4, -0.2) is 33.2 Å². The largest absolute Gasteiger partial charge is 0.501 e. The molecule has 0 radical (unpaired) electrons. The maximum Gasteiger partial charge on any atom is 0.501 e. The van der Waals surface area contributed by atoms with Gasteiger partial charge in [-0.2, -0.15) is 13.2 Å². The van der Waals surface area contributed by atoms with Crippen molar-refractivity contribution in [3.05, 3.63) is 24.0 Å². The van der Waals surface area contributed by atoms with Gasteiger partial charge in [-0.25, -0.2) is 12.8 Å². The predicted molar refractivity (Wildman–Crippen MR) is 71.7 cm³/mol. The second-order valence-electron chi connectivity index (χ2n) is 5.10. The summed E-state index contributed by atoms with van der Waals surface area (Å²) in [5.41, 5.74) is -5.73. The van der Waals surface area contributed by atoms with Crippen LogP contribution in [0, 0.1) is 5.82 Å². The average molecular weight is 341 g/mol. The van der Waals surface area contributed by atoms with Gasteiger partial charge < -0.3 is 10.1 Å². The third-order valence-corrected chi connectivity index (χ3v) is 5.14. The number of ether oxygens (including phenoxy) is 1. The van der Waals surface area contributed by atoms with Crippen molar-refractivity contribution in [3.8, 4) is 0 Å². The van der Waals surface area contributed by atoms with Gasteiger partial charge in [-0.15, -0.1) is 0 Å². The Bertz CT molecular complexity index is 645. The van der Waals surface area contributed by atoms with Crippen molar-refractivity contribution in [2.75, 3.05) is 12.4 Å². The Balaban J connectivity index is 2.34. The summed E-state index contributed by atoms with van der Waals surface area (Å²) < 4.78 is 79.6. The van der Waals surface area contributed by atoms with Crippen LogP contribution in [0.5, 0.6) is 0 Å². The fourth-order valence-corrected chi connectivity index (χ4v) is 3.40. The first-order valence-corrected chi connectivity index (χ1v) is 8.03. The molecule has 0 amide bonds. The van der Waals surface area contributed by atoms with E-state index >= 15 is 0 Å². The lowest BCUT2D eigenvalue weighted by atomic mass is 10.2. The zero-order valence-electron chi connectivity index (χ0n) is 11.7. The fourth-order valence-electron chi connectivity index (χ4n) is 2.47. The van der Waals surface area contributed by atoms with Crippen LogP contribution in [0.3, 0.4) is 0 Å². The van der Waals surface area contributed by atoms with Crippen LogP contribution in [0.1, 0.15) is 19.3 Å². The first-order valence-electron chi connectivity index (χ1n) is 6.55. The Kier molecular flexibility index (Phi) is 4.67. The molecule has 2 rings (SSSR count). The molecule has 1 fully saturated rings. The van der Waals surface area contributed by atoms with Gasteiger partial charge in [0, 0.05) is 13.2 Å². The van der Waals surface area contributed by atoms with E-state index in [2.05, 4.69) is 5.32 Å². The number of benzene rings is 1. The molecule has 2 atom stereocenters. The molecule has 0 saturated heterocycles. The van der Waals surface area contributed by atoms with Gasteiger partial charge in [0.1, 0.15) is 10.7 Å². The number of methoxy groups -OCH3 is 1. The summed E-state index contributed by atoms with van der Waals surface area (Å²) in [6.45, 7) is 0. The van der Waals surface area contributed by atoms with Crippen molar-refractivity contribution in [1.29, 1.82) is 0 Å². The molecule has 1 aliphatic rings. The molecule has 124 valence electrons. The van der Waals surface area contributed by atoms with Crippen LogP contribution in [-0.2, 0) is 14.6 Å². The summed E-state index contributed by atoms with van der Waals surface area (Å²) in [6.07, 6.45) is 1.86. The maximum atomic E-state index is 13.2. The summed E-state index contributed by atoms with van der Waals surface area (Å²) >= 11 is 0. The smallest absolute Gasteiger partial charge is 0.381 e. The van der Waals surface area contributed by atoms with E-state index in [0.29, 0.717) is 18.9 Å². The zero-order valence-corrected chi connectivity index (χ0v) is 12.5.